The molecule has 0 bridgehead atoms. The number of carbonyl (C=O) groups excluding carboxylic acids is 1. The van der Waals surface area contributed by atoms with Gasteiger partial charge in [0.25, 0.3) is 11.5 Å². The zero-order valence-electron chi connectivity index (χ0n) is 19.3. The van der Waals surface area contributed by atoms with E-state index in [1.54, 1.807) is 22.8 Å². The van der Waals surface area contributed by atoms with E-state index in [0.717, 1.165) is 48.3 Å². The van der Waals surface area contributed by atoms with Crippen LogP contribution in [0, 0.1) is 0 Å². The van der Waals surface area contributed by atoms with Gasteiger partial charge in [-0.3, -0.25) is 9.59 Å². The number of hydrogen-bond donors (Lipinski definition) is 0. The molecular weight excluding hydrogens is 430 g/mol. The normalized spacial score (nSPS) is 13.7. The molecule has 1 aliphatic heterocycles. The summed E-state index contributed by atoms with van der Waals surface area (Å²) in [5, 5.41) is 9.48. The molecule has 0 atom stereocenters. The molecule has 3 aromatic heterocycles. The summed E-state index contributed by atoms with van der Waals surface area (Å²) in [5.74, 6) is 0.567. The summed E-state index contributed by atoms with van der Waals surface area (Å²) in [6, 6.07) is 16.8. The highest BCUT2D eigenvalue weighted by molar-refractivity contribution is 5.90. The van der Waals surface area contributed by atoms with Gasteiger partial charge in [-0.2, -0.15) is 10.2 Å². The van der Waals surface area contributed by atoms with Gasteiger partial charge in [-0.25, -0.2) is 9.20 Å². The minimum atomic E-state index is -0.144. The predicted molar refractivity (Wildman–Crippen MR) is 130 cm³/mol. The maximum Gasteiger partial charge on any atom is 0.267 e. The maximum absolute atomic E-state index is 12.4. The zero-order valence-corrected chi connectivity index (χ0v) is 19.3. The standard InChI is InChI=1S/C26H27N5O3/c1-18(2)31-23(32)13-11-21(27-31)25-22-12-10-20(34-17-24(33)29-14-6-7-15-29)16-30(22)28-26(25)19-8-4-3-5-9-19/h3-5,8-13,16,18H,6-7,14-15,17H2,1-2H3. The lowest BCUT2D eigenvalue weighted by Gasteiger charge is -2.15. The number of nitrogens with zero attached hydrogens (tertiary/aromatic N) is 5. The SMILES string of the molecule is CC(C)n1nc(-c2c(-c3ccccc3)nn3cc(OCC(=O)N4CCCC4)ccc23)ccc1=O. The molecule has 4 heterocycles. The quantitative estimate of drug-likeness (QED) is 0.440. The molecule has 0 unspecified atom stereocenters. The van der Waals surface area contributed by atoms with Crippen molar-refractivity contribution in [2.45, 2.75) is 32.7 Å². The van der Waals surface area contributed by atoms with Crippen molar-refractivity contribution in [3.05, 3.63) is 71.1 Å². The average Bonchev–Trinajstić information content (AvgIpc) is 3.51. The molecule has 8 heteroatoms. The van der Waals surface area contributed by atoms with E-state index in [-0.39, 0.29) is 24.1 Å². The molecular formula is C26H27N5O3. The van der Waals surface area contributed by atoms with Crippen LogP contribution < -0.4 is 10.3 Å². The summed E-state index contributed by atoms with van der Waals surface area (Å²) in [4.78, 5) is 26.5. The third kappa shape index (κ3) is 4.19. The van der Waals surface area contributed by atoms with Gasteiger partial charge in [0.2, 0.25) is 0 Å². The Bertz CT molecular complexity index is 1380. The fourth-order valence-corrected chi connectivity index (χ4v) is 4.30. The number of fused-ring (bicyclic) bond motifs is 1. The number of aromatic nitrogens is 4. The Morgan fingerprint density at radius 3 is 2.50 bits per heavy atom. The number of ether oxygens (including phenoxy) is 1. The summed E-state index contributed by atoms with van der Waals surface area (Å²) in [6.45, 7) is 5.47. The fraction of sp³-hybridized carbons (Fsp3) is 0.308. The number of hydrogen-bond acceptors (Lipinski definition) is 5. The Labute approximate surface area is 197 Å². The van der Waals surface area contributed by atoms with E-state index in [0.29, 0.717) is 11.4 Å². The molecule has 0 radical (unpaired) electrons. The molecule has 8 nitrogen and oxygen atoms in total. The van der Waals surface area contributed by atoms with Gasteiger partial charge in [0, 0.05) is 24.7 Å². The van der Waals surface area contributed by atoms with Gasteiger partial charge >= 0.3 is 0 Å². The second-order valence-electron chi connectivity index (χ2n) is 8.76. The number of benzene rings is 1. The Morgan fingerprint density at radius 1 is 1.00 bits per heavy atom. The first-order chi connectivity index (χ1) is 16.5. The molecule has 174 valence electrons. The van der Waals surface area contributed by atoms with Crippen molar-refractivity contribution in [1.29, 1.82) is 0 Å². The summed E-state index contributed by atoms with van der Waals surface area (Å²) in [5.41, 5.74) is 3.89. The van der Waals surface area contributed by atoms with Crippen molar-refractivity contribution in [2.24, 2.45) is 0 Å². The first kappa shape index (κ1) is 21.9. The molecule has 0 N–H and O–H groups in total. The number of rotatable bonds is 6. The summed E-state index contributed by atoms with van der Waals surface area (Å²) < 4.78 is 9.03. The molecule has 34 heavy (non-hydrogen) atoms. The number of amides is 1. The molecule has 0 spiro atoms. The first-order valence-electron chi connectivity index (χ1n) is 11.6. The lowest BCUT2D eigenvalue weighted by Crippen LogP contribution is -2.32. The van der Waals surface area contributed by atoms with Crippen molar-refractivity contribution < 1.29 is 9.53 Å². The second-order valence-corrected chi connectivity index (χ2v) is 8.76. The van der Waals surface area contributed by atoms with Crippen LogP contribution in [0.3, 0.4) is 0 Å². The molecule has 5 rings (SSSR count). The highest BCUT2D eigenvalue weighted by atomic mass is 16.5. The van der Waals surface area contributed by atoms with Gasteiger partial charge in [-0.05, 0) is 44.9 Å². The van der Waals surface area contributed by atoms with Gasteiger partial charge in [0.1, 0.15) is 11.4 Å². The van der Waals surface area contributed by atoms with Crippen molar-refractivity contribution in [2.75, 3.05) is 19.7 Å². The Kier molecular flexibility index (Phi) is 5.88. The highest BCUT2D eigenvalue weighted by Crippen LogP contribution is 2.34. The third-order valence-electron chi connectivity index (χ3n) is 6.04. The van der Waals surface area contributed by atoms with Crippen molar-refractivity contribution in [3.63, 3.8) is 0 Å². The van der Waals surface area contributed by atoms with Crippen molar-refractivity contribution in [3.8, 4) is 28.3 Å². The largest absolute Gasteiger partial charge is 0.482 e. The van der Waals surface area contributed by atoms with E-state index in [1.807, 2.05) is 61.2 Å². The van der Waals surface area contributed by atoms with E-state index in [9.17, 15) is 9.59 Å². The third-order valence-corrected chi connectivity index (χ3v) is 6.04. The minimum absolute atomic E-state index is 0.00358. The van der Waals surface area contributed by atoms with Crippen LogP contribution >= 0.6 is 0 Å². The van der Waals surface area contributed by atoms with E-state index in [1.165, 1.54) is 4.68 Å². The maximum atomic E-state index is 12.4. The molecule has 1 aliphatic rings. The average molecular weight is 458 g/mol. The van der Waals surface area contributed by atoms with E-state index >= 15 is 0 Å². The van der Waals surface area contributed by atoms with Gasteiger partial charge in [0.05, 0.1) is 29.0 Å². The highest BCUT2D eigenvalue weighted by Gasteiger charge is 2.21. The topological polar surface area (TPSA) is 81.7 Å². The van der Waals surface area contributed by atoms with Crippen molar-refractivity contribution >= 4 is 11.4 Å². The molecule has 1 fully saturated rings. The van der Waals surface area contributed by atoms with Crippen LogP contribution in [0.4, 0.5) is 0 Å². The Balaban J connectivity index is 1.56. The van der Waals surface area contributed by atoms with Crippen LogP contribution in [-0.2, 0) is 4.79 Å². The van der Waals surface area contributed by atoms with E-state index < -0.39 is 0 Å². The number of likely N-dealkylation sites (tertiary alicyclic amines) is 1. The smallest absolute Gasteiger partial charge is 0.267 e. The lowest BCUT2D eigenvalue weighted by molar-refractivity contribution is -0.132. The molecule has 0 saturated carbocycles. The monoisotopic (exact) mass is 457 g/mol. The number of carbonyl (C=O) groups is 1. The van der Waals surface area contributed by atoms with Crippen molar-refractivity contribution in [1.82, 2.24) is 24.3 Å². The molecule has 1 amide bonds. The van der Waals surface area contributed by atoms with Crippen LogP contribution in [0.5, 0.6) is 5.75 Å². The Morgan fingerprint density at radius 2 is 1.76 bits per heavy atom. The summed E-state index contributed by atoms with van der Waals surface area (Å²) in [7, 11) is 0. The molecule has 0 aliphatic carbocycles. The molecule has 4 aromatic rings. The van der Waals surface area contributed by atoms with Crippen LogP contribution in [-0.4, -0.2) is 49.9 Å². The van der Waals surface area contributed by atoms with E-state index in [4.69, 9.17) is 9.84 Å². The summed E-state index contributed by atoms with van der Waals surface area (Å²) in [6.07, 6.45) is 3.88. The summed E-state index contributed by atoms with van der Waals surface area (Å²) >= 11 is 0. The Hall–Kier alpha value is -3.94. The van der Waals surface area contributed by atoms with Crippen LogP contribution in [0.2, 0.25) is 0 Å². The van der Waals surface area contributed by atoms with E-state index in [2.05, 4.69) is 5.10 Å². The van der Waals surface area contributed by atoms with Gasteiger partial charge in [-0.1, -0.05) is 30.3 Å². The molecule has 1 aromatic carbocycles. The zero-order chi connectivity index (χ0) is 23.7. The van der Waals surface area contributed by atoms with Crippen LogP contribution in [0.1, 0.15) is 32.7 Å². The fourth-order valence-electron chi connectivity index (χ4n) is 4.30. The molecule has 1 saturated heterocycles. The predicted octanol–water partition coefficient (Wildman–Crippen LogP) is 3.81. The van der Waals surface area contributed by atoms with Crippen LogP contribution in [0.25, 0.3) is 28.0 Å². The first-order valence-corrected chi connectivity index (χ1v) is 11.6. The van der Waals surface area contributed by atoms with Gasteiger partial charge in [-0.15, -0.1) is 0 Å². The second kappa shape index (κ2) is 9.13. The van der Waals surface area contributed by atoms with Gasteiger partial charge in [0.15, 0.2) is 6.61 Å². The van der Waals surface area contributed by atoms with Crippen LogP contribution in [0.15, 0.2) is 65.6 Å². The van der Waals surface area contributed by atoms with Gasteiger partial charge < -0.3 is 9.64 Å². The minimum Gasteiger partial charge on any atom is -0.482 e. The number of pyridine rings is 1. The lowest BCUT2D eigenvalue weighted by atomic mass is 10.0.